The highest BCUT2D eigenvalue weighted by atomic mass is 32.7. The Morgan fingerprint density at radius 1 is 1.42 bits per heavy atom. The third-order valence-corrected chi connectivity index (χ3v) is 1.78. The van der Waals surface area contributed by atoms with Crippen LogP contribution in [0.4, 0.5) is 0 Å². The summed E-state index contributed by atoms with van der Waals surface area (Å²) in [5.74, 6) is 0.449. The molecule has 1 aromatic rings. The number of nitriles is 1. The molecule has 0 spiro atoms. The van der Waals surface area contributed by atoms with Gasteiger partial charge in [-0.3, -0.25) is 0 Å². The predicted molar refractivity (Wildman–Crippen MR) is 48.4 cm³/mol. The Labute approximate surface area is 76.0 Å². The normalized spacial score (nSPS) is 10.2. The summed E-state index contributed by atoms with van der Waals surface area (Å²) < 4.78 is 15.3. The molecular weight excluding hydrogens is 193 g/mol. The van der Waals surface area contributed by atoms with Gasteiger partial charge in [0.1, 0.15) is 0 Å². The van der Waals surface area contributed by atoms with Crippen LogP contribution in [0, 0.1) is 11.3 Å². The zero-order chi connectivity index (χ0) is 8.97. The van der Waals surface area contributed by atoms with Crippen molar-refractivity contribution in [3.8, 4) is 11.8 Å². The molecule has 0 aliphatic carbocycles. The molecule has 0 bridgehead atoms. The molecule has 0 radical (unpaired) electrons. The first-order valence-corrected chi connectivity index (χ1v) is 5.39. The molecule has 0 amide bonds. The zero-order valence-corrected chi connectivity index (χ0v) is 7.76. The predicted octanol–water partition coefficient (Wildman–Crippen LogP) is 2.52. The van der Waals surface area contributed by atoms with Crippen LogP contribution < -0.4 is 4.52 Å². The number of benzene rings is 1. The van der Waals surface area contributed by atoms with E-state index in [1.54, 1.807) is 24.3 Å². The molecule has 0 heterocycles. The molecule has 0 aliphatic rings. The topological polar surface area (TPSA) is 50.1 Å². The lowest BCUT2D eigenvalue weighted by Gasteiger charge is -1.90. The molecule has 5 heteroatoms. The molecule has 0 saturated carbocycles. The lowest BCUT2D eigenvalue weighted by molar-refractivity contribution is 0.521. The Bertz CT molecular complexity index is 330. The van der Waals surface area contributed by atoms with Crippen molar-refractivity contribution in [3.63, 3.8) is 0 Å². The maximum Gasteiger partial charge on any atom is 0.631 e. The van der Waals surface area contributed by atoms with Crippen LogP contribution >= 0.6 is 19.5 Å². The third kappa shape index (κ3) is 2.54. The fraction of sp³-hybridized carbons (Fsp3) is 0. The SMILES string of the molecule is N#Cc1ccc(O[P+](=O)S)cc1. The van der Waals surface area contributed by atoms with Crippen LogP contribution in [0.2, 0.25) is 0 Å². The molecule has 1 rings (SSSR count). The molecule has 1 atom stereocenters. The van der Waals surface area contributed by atoms with E-state index >= 15 is 0 Å². The number of nitrogens with zero attached hydrogens (tertiary/aromatic N) is 1. The van der Waals surface area contributed by atoms with Crippen LogP contribution in [0.3, 0.4) is 0 Å². The Kier molecular flexibility index (Phi) is 3.09. The second-order valence-electron chi connectivity index (χ2n) is 1.97. The van der Waals surface area contributed by atoms with Gasteiger partial charge in [0.05, 0.1) is 11.6 Å². The summed E-state index contributed by atoms with van der Waals surface area (Å²) >= 11 is 3.58. The monoisotopic (exact) mass is 198 g/mol. The molecule has 1 unspecified atom stereocenters. The first-order valence-electron chi connectivity index (χ1n) is 3.06. The van der Waals surface area contributed by atoms with Crippen molar-refractivity contribution >= 4 is 19.5 Å². The lowest BCUT2D eigenvalue weighted by Crippen LogP contribution is -1.77. The summed E-state index contributed by atoms with van der Waals surface area (Å²) in [4.78, 5) is 0. The fourth-order valence-electron chi connectivity index (χ4n) is 0.681. The molecule has 0 aromatic heterocycles. The van der Waals surface area contributed by atoms with Gasteiger partial charge in [-0.25, -0.2) is 4.52 Å². The van der Waals surface area contributed by atoms with E-state index in [1.165, 1.54) is 0 Å². The van der Waals surface area contributed by atoms with E-state index in [0.29, 0.717) is 11.3 Å². The van der Waals surface area contributed by atoms with Gasteiger partial charge in [0.15, 0.2) is 18.0 Å². The molecule has 3 nitrogen and oxygen atoms in total. The second kappa shape index (κ2) is 4.10. The number of hydrogen-bond acceptors (Lipinski definition) is 3. The lowest BCUT2D eigenvalue weighted by atomic mass is 10.2. The van der Waals surface area contributed by atoms with Gasteiger partial charge in [-0.05, 0) is 28.8 Å². The first kappa shape index (κ1) is 9.05. The van der Waals surface area contributed by atoms with E-state index in [2.05, 4.69) is 12.2 Å². The van der Waals surface area contributed by atoms with E-state index < -0.39 is 7.23 Å². The summed E-state index contributed by atoms with van der Waals surface area (Å²) in [5, 5.41) is 8.45. The summed E-state index contributed by atoms with van der Waals surface area (Å²) in [6, 6.07) is 8.27. The molecule has 0 fully saturated rings. The second-order valence-corrected chi connectivity index (χ2v) is 3.60. The van der Waals surface area contributed by atoms with Crippen molar-refractivity contribution in [2.24, 2.45) is 0 Å². The van der Waals surface area contributed by atoms with E-state index in [9.17, 15) is 4.57 Å². The highest BCUT2D eigenvalue weighted by molar-refractivity contribution is 8.39. The minimum atomic E-state index is -1.93. The van der Waals surface area contributed by atoms with Crippen molar-refractivity contribution in [2.75, 3.05) is 0 Å². The van der Waals surface area contributed by atoms with Gasteiger partial charge in [-0.15, -0.1) is 0 Å². The molecule has 0 N–H and O–H groups in total. The molecule has 0 saturated heterocycles. The van der Waals surface area contributed by atoms with E-state index in [1.807, 2.05) is 6.07 Å². The maximum absolute atomic E-state index is 10.5. The van der Waals surface area contributed by atoms with Crippen LogP contribution in [0.5, 0.6) is 5.75 Å². The van der Waals surface area contributed by atoms with Gasteiger partial charge >= 0.3 is 7.23 Å². The molecule has 60 valence electrons. The van der Waals surface area contributed by atoms with E-state index in [-0.39, 0.29) is 0 Å². The minimum absolute atomic E-state index is 0.449. The smallest absolute Gasteiger partial charge is 0.245 e. The van der Waals surface area contributed by atoms with Crippen molar-refractivity contribution in [1.82, 2.24) is 0 Å². The van der Waals surface area contributed by atoms with Gasteiger partial charge < -0.3 is 0 Å². The van der Waals surface area contributed by atoms with Crippen LogP contribution in [0.1, 0.15) is 5.56 Å². The van der Waals surface area contributed by atoms with Crippen LogP contribution in [0.15, 0.2) is 24.3 Å². The largest absolute Gasteiger partial charge is 0.631 e. The van der Waals surface area contributed by atoms with Gasteiger partial charge in [0.2, 0.25) is 0 Å². The summed E-state index contributed by atoms with van der Waals surface area (Å²) in [5.41, 5.74) is 0.539. The summed E-state index contributed by atoms with van der Waals surface area (Å²) in [6.45, 7) is 0. The Morgan fingerprint density at radius 2 is 2.00 bits per heavy atom. The zero-order valence-electron chi connectivity index (χ0n) is 5.97. The Hall–Kier alpha value is -1.04. The third-order valence-electron chi connectivity index (χ3n) is 1.17. The van der Waals surface area contributed by atoms with Gasteiger partial charge in [0.25, 0.3) is 0 Å². The maximum atomic E-state index is 10.5. The standard InChI is InChI=1S/C7H4NO2PS/c8-5-6-1-3-7(4-2-6)10-11(9)12/h1-4H/p+1. The van der Waals surface area contributed by atoms with Crippen molar-refractivity contribution in [1.29, 1.82) is 5.26 Å². The van der Waals surface area contributed by atoms with Gasteiger partial charge in [0, 0.05) is 0 Å². The number of hydrogen-bond donors (Lipinski definition) is 1. The average Bonchev–Trinajstić information content (AvgIpc) is 2.05. The first-order chi connectivity index (χ1) is 5.72. The molecular formula is C7H5NO2PS+. The fourth-order valence-corrected chi connectivity index (χ4v) is 1.27. The van der Waals surface area contributed by atoms with Crippen LogP contribution in [0.25, 0.3) is 0 Å². The van der Waals surface area contributed by atoms with Crippen molar-refractivity contribution in [2.45, 2.75) is 0 Å². The number of rotatable bonds is 2. The van der Waals surface area contributed by atoms with Gasteiger partial charge in [-0.2, -0.15) is 5.26 Å². The molecule has 12 heavy (non-hydrogen) atoms. The average molecular weight is 198 g/mol. The Morgan fingerprint density at radius 3 is 2.42 bits per heavy atom. The quantitative estimate of drug-likeness (QED) is 0.586. The Balaban J connectivity index is 2.80. The molecule has 0 aliphatic heterocycles. The summed E-state index contributed by atoms with van der Waals surface area (Å²) in [6.07, 6.45) is 0. The van der Waals surface area contributed by atoms with Gasteiger partial charge in [-0.1, -0.05) is 0 Å². The molecule has 1 aromatic carbocycles. The number of thiol groups is 1. The van der Waals surface area contributed by atoms with E-state index in [0.717, 1.165) is 0 Å². The highest BCUT2D eigenvalue weighted by Crippen LogP contribution is 2.29. The van der Waals surface area contributed by atoms with Crippen LogP contribution in [-0.4, -0.2) is 0 Å². The minimum Gasteiger partial charge on any atom is -0.245 e. The van der Waals surface area contributed by atoms with Crippen molar-refractivity contribution < 1.29 is 9.09 Å². The highest BCUT2D eigenvalue weighted by Gasteiger charge is 2.10. The van der Waals surface area contributed by atoms with Crippen LogP contribution in [-0.2, 0) is 4.57 Å². The van der Waals surface area contributed by atoms with Crippen molar-refractivity contribution in [3.05, 3.63) is 29.8 Å². The summed E-state index contributed by atoms with van der Waals surface area (Å²) in [7, 11) is -1.93. The van der Waals surface area contributed by atoms with E-state index in [4.69, 9.17) is 9.79 Å².